The molecule has 0 spiro atoms. The molecule has 0 bridgehead atoms. The molecule has 1 rings (SSSR count). The first-order chi connectivity index (χ1) is 9.54. The van der Waals surface area contributed by atoms with Crippen molar-refractivity contribution in [3.8, 4) is 0 Å². The summed E-state index contributed by atoms with van der Waals surface area (Å²) >= 11 is 0. The van der Waals surface area contributed by atoms with Gasteiger partial charge < -0.3 is 10.1 Å². The van der Waals surface area contributed by atoms with Crippen LogP contribution in [0.1, 0.15) is 65.2 Å². The second-order valence-electron chi connectivity index (χ2n) is 7.49. The molecule has 0 atom stereocenters. The van der Waals surface area contributed by atoms with Gasteiger partial charge in [0.15, 0.2) is 0 Å². The van der Waals surface area contributed by atoms with Gasteiger partial charge in [0, 0.05) is 6.54 Å². The molecule has 21 heavy (non-hydrogen) atoms. The van der Waals surface area contributed by atoms with Crippen LogP contribution >= 0.6 is 0 Å². The molecular weight excluding hydrogens is 262 g/mol. The average Bonchev–Trinajstić information content (AvgIpc) is 2.34. The van der Waals surface area contributed by atoms with Gasteiger partial charge in [-0.05, 0) is 34.4 Å². The highest BCUT2D eigenvalue weighted by molar-refractivity contribution is 5.67. The highest BCUT2D eigenvalue weighted by Crippen LogP contribution is 2.30. The monoisotopic (exact) mass is 291 g/mol. The second-order valence-corrected chi connectivity index (χ2v) is 7.49. The molecule has 0 aliphatic rings. The van der Waals surface area contributed by atoms with Crippen LogP contribution in [0.2, 0.25) is 0 Å². The molecule has 1 aromatic rings. The van der Waals surface area contributed by atoms with E-state index >= 15 is 0 Å². The average molecular weight is 291 g/mol. The Bertz CT molecular complexity index is 461. The number of amides is 1. The van der Waals surface area contributed by atoms with Crippen molar-refractivity contribution in [2.24, 2.45) is 0 Å². The molecule has 0 saturated carbocycles. The first-order valence-electron chi connectivity index (χ1n) is 7.59. The van der Waals surface area contributed by atoms with Crippen molar-refractivity contribution in [3.63, 3.8) is 0 Å². The van der Waals surface area contributed by atoms with Crippen LogP contribution in [0.5, 0.6) is 0 Å². The maximum Gasteiger partial charge on any atom is 0.407 e. The zero-order valence-electron chi connectivity index (χ0n) is 14.5. The summed E-state index contributed by atoms with van der Waals surface area (Å²) in [5.74, 6) is 0. The maximum atomic E-state index is 11.4. The van der Waals surface area contributed by atoms with Crippen molar-refractivity contribution in [1.82, 2.24) is 5.32 Å². The topological polar surface area (TPSA) is 38.3 Å². The van der Waals surface area contributed by atoms with Crippen LogP contribution in [0.25, 0.3) is 0 Å². The summed E-state index contributed by atoms with van der Waals surface area (Å²) in [6.07, 6.45) is -0.365. The van der Waals surface area contributed by atoms with Crippen LogP contribution in [-0.2, 0) is 22.1 Å². The Morgan fingerprint density at radius 1 is 1.00 bits per heavy atom. The third kappa shape index (κ3) is 5.41. The van der Waals surface area contributed by atoms with Crippen molar-refractivity contribution in [3.05, 3.63) is 34.9 Å². The maximum absolute atomic E-state index is 11.4. The van der Waals surface area contributed by atoms with E-state index in [9.17, 15) is 4.79 Å². The van der Waals surface area contributed by atoms with Gasteiger partial charge in [0.05, 0.1) is 6.61 Å². The van der Waals surface area contributed by atoms with Gasteiger partial charge >= 0.3 is 6.09 Å². The number of hydrogen-bond acceptors (Lipinski definition) is 2. The summed E-state index contributed by atoms with van der Waals surface area (Å²) in [5, 5.41) is 2.80. The fraction of sp³-hybridized carbons (Fsp3) is 0.611. The lowest BCUT2D eigenvalue weighted by molar-refractivity contribution is 0.151. The SMILES string of the molecule is CCOC(=O)NCc1cc(C(C)(C)C)cc(C(C)(C)C)c1. The van der Waals surface area contributed by atoms with Crippen LogP contribution in [0.3, 0.4) is 0 Å². The summed E-state index contributed by atoms with van der Waals surface area (Å²) < 4.78 is 4.91. The van der Waals surface area contributed by atoms with Crippen molar-refractivity contribution in [2.45, 2.75) is 65.8 Å². The third-order valence-electron chi connectivity index (χ3n) is 3.44. The highest BCUT2D eigenvalue weighted by Gasteiger charge is 2.20. The first-order valence-corrected chi connectivity index (χ1v) is 7.59. The zero-order chi connectivity index (χ0) is 16.3. The Hall–Kier alpha value is -1.51. The van der Waals surface area contributed by atoms with Crippen LogP contribution in [-0.4, -0.2) is 12.7 Å². The summed E-state index contributed by atoms with van der Waals surface area (Å²) in [5.41, 5.74) is 3.85. The summed E-state index contributed by atoms with van der Waals surface area (Å²) in [7, 11) is 0. The van der Waals surface area contributed by atoms with E-state index in [0.29, 0.717) is 13.2 Å². The number of benzene rings is 1. The summed E-state index contributed by atoms with van der Waals surface area (Å²) in [6.45, 7) is 15.9. The van der Waals surface area contributed by atoms with E-state index < -0.39 is 0 Å². The Balaban J connectivity index is 3.06. The molecule has 0 radical (unpaired) electrons. The molecule has 0 aromatic heterocycles. The van der Waals surface area contributed by atoms with Gasteiger partial charge in [-0.15, -0.1) is 0 Å². The second kappa shape index (κ2) is 6.50. The zero-order valence-corrected chi connectivity index (χ0v) is 14.5. The standard InChI is InChI=1S/C18H29NO2/c1-8-21-16(20)19-12-13-9-14(17(2,3)4)11-15(10-13)18(5,6)7/h9-11H,8,12H2,1-7H3,(H,19,20). The van der Waals surface area contributed by atoms with E-state index in [1.165, 1.54) is 11.1 Å². The molecule has 118 valence electrons. The van der Waals surface area contributed by atoms with Gasteiger partial charge in [-0.3, -0.25) is 0 Å². The van der Waals surface area contributed by atoms with Crippen LogP contribution in [0, 0.1) is 0 Å². The van der Waals surface area contributed by atoms with Gasteiger partial charge in [0.1, 0.15) is 0 Å². The molecule has 0 fully saturated rings. The normalized spacial score (nSPS) is 12.1. The minimum atomic E-state index is -0.365. The highest BCUT2D eigenvalue weighted by atomic mass is 16.5. The molecule has 1 N–H and O–H groups in total. The molecular formula is C18H29NO2. The number of carbonyl (C=O) groups excluding carboxylic acids is 1. The molecule has 0 heterocycles. The molecule has 0 unspecified atom stereocenters. The minimum Gasteiger partial charge on any atom is -0.450 e. The number of hydrogen-bond donors (Lipinski definition) is 1. The van der Waals surface area contributed by atoms with Crippen LogP contribution < -0.4 is 5.32 Å². The lowest BCUT2D eigenvalue weighted by atomic mass is 9.79. The molecule has 3 nitrogen and oxygen atoms in total. The van der Waals surface area contributed by atoms with E-state index in [2.05, 4.69) is 65.1 Å². The smallest absolute Gasteiger partial charge is 0.407 e. The van der Waals surface area contributed by atoms with E-state index in [1.807, 2.05) is 0 Å². The quantitative estimate of drug-likeness (QED) is 0.888. The van der Waals surface area contributed by atoms with Gasteiger partial charge in [-0.1, -0.05) is 59.7 Å². The fourth-order valence-electron chi connectivity index (χ4n) is 2.02. The number of rotatable bonds is 3. The van der Waals surface area contributed by atoms with Crippen molar-refractivity contribution < 1.29 is 9.53 Å². The fourth-order valence-corrected chi connectivity index (χ4v) is 2.02. The number of carbonyl (C=O) groups is 1. The Labute approximate surface area is 129 Å². The van der Waals surface area contributed by atoms with E-state index in [4.69, 9.17) is 4.74 Å². The van der Waals surface area contributed by atoms with Crippen LogP contribution in [0.15, 0.2) is 18.2 Å². The Morgan fingerprint density at radius 2 is 1.48 bits per heavy atom. The molecule has 1 amide bonds. The largest absolute Gasteiger partial charge is 0.450 e. The number of alkyl carbamates (subject to hydrolysis) is 1. The predicted molar refractivity (Wildman–Crippen MR) is 87.7 cm³/mol. The van der Waals surface area contributed by atoms with Crippen molar-refractivity contribution >= 4 is 6.09 Å². The molecule has 1 aromatic carbocycles. The van der Waals surface area contributed by atoms with Crippen molar-refractivity contribution in [1.29, 1.82) is 0 Å². The minimum absolute atomic E-state index is 0.0833. The number of ether oxygens (including phenoxy) is 1. The molecule has 3 heteroatoms. The predicted octanol–water partition coefficient (Wildman–Crippen LogP) is 4.53. The number of nitrogens with one attached hydrogen (secondary N) is 1. The van der Waals surface area contributed by atoms with Crippen LogP contribution in [0.4, 0.5) is 4.79 Å². The lowest BCUT2D eigenvalue weighted by Gasteiger charge is -2.26. The van der Waals surface area contributed by atoms with Gasteiger partial charge in [0.2, 0.25) is 0 Å². The molecule has 0 saturated heterocycles. The first kappa shape index (κ1) is 17.5. The van der Waals surface area contributed by atoms with Crippen molar-refractivity contribution in [2.75, 3.05) is 6.61 Å². The Kier molecular flexibility index (Phi) is 5.43. The van der Waals surface area contributed by atoms with Gasteiger partial charge in [-0.2, -0.15) is 0 Å². The lowest BCUT2D eigenvalue weighted by Crippen LogP contribution is -2.24. The van der Waals surface area contributed by atoms with E-state index in [0.717, 1.165) is 5.56 Å². The molecule has 0 aliphatic heterocycles. The van der Waals surface area contributed by atoms with E-state index in [1.54, 1.807) is 6.92 Å². The van der Waals surface area contributed by atoms with Gasteiger partial charge in [-0.25, -0.2) is 4.79 Å². The third-order valence-corrected chi connectivity index (χ3v) is 3.44. The Morgan fingerprint density at radius 3 is 1.86 bits per heavy atom. The van der Waals surface area contributed by atoms with Gasteiger partial charge in [0.25, 0.3) is 0 Å². The van der Waals surface area contributed by atoms with E-state index in [-0.39, 0.29) is 16.9 Å². The summed E-state index contributed by atoms with van der Waals surface area (Å²) in [4.78, 5) is 11.4. The molecule has 0 aliphatic carbocycles. The summed E-state index contributed by atoms with van der Waals surface area (Å²) in [6, 6.07) is 6.61.